The van der Waals surface area contributed by atoms with Crippen molar-refractivity contribution >= 4 is 36.5 Å². The lowest BCUT2D eigenvalue weighted by molar-refractivity contribution is -0.159. The zero-order chi connectivity index (χ0) is 36.2. The van der Waals surface area contributed by atoms with Gasteiger partial charge in [0.05, 0.1) is 0 Å². The van der Waals surface area contributed by atoms with Crippen molar-refractivity contribution in [3.63, 3.8) is 0 Å². The Kier molecular flexibility index (Phi) is 15.5. The Morgan fingerprint density at radius 2 is 1.35 bits per heavy atom. The maximum atomic E-state index is 14.6. The smallest absolute Gasteiger partial charge is 0.408 e. The molecule has 0 aliphatic carbocycles. The van der Waals surface area contributed by atoms with Crippen LogP contribution in [0.25, 0.3) is 0 Å². The van der Waals surface area contributed by atoms with Gasteiger partial charge < -0.3 is 25.0 Å². The number of aryl methyl sites for hydroxylation is 1. The summed E-state index contributed by atoms with van der Waals surface area (Å²) in [5, 5.41) is 5.63. The van der Waals surface area contributed by atoms with E-state index in [1.807, 2.05) is 68.4 Å². The Hall–Kier alpha value is -3.53. The van der Waals surface area contributed by atoms with Crippen LogP contribution in [-0.4, -0.2) is 63.9 Å². The van der Waals surface area contributed by atoms with Gasteiger partial charge in [0, 0.05) is 18.2 Å². The number of amides is 3. The minimum Gasteiger partial charge on any atom is -0.458 e. The van der Waals surface area contributed by atoms with E-state index < -0.39 is 59.2 Å². The van der Waals surface area contributed by atoms with Crippen LogP contribution in [0.1, 0.15) is 105 Å². The highest BCUT2D eigenvalue weighted by molar-refractivity contribution is 7.80. The van der Waals surface area contributed by atoms with E-state index in [9.17, 15) is 19.2 Å². The molecule has 4 unspecified atom stereocenters. The number of ether oxygens (including phenoxy) is 2. The first-order valence-corrected chi connectivity index (χ1v) is 17.6. The molecule has 10 heteroatoms. The lowest BCUT2D eigenvalue weighted by Crippen LogP contribution is -2.57. The molecule has 0 spiro atoms. The number of hydrogen-bond donors (Lipinski definition) is 3. The predicted octanol–water partition coefficient (Wildman–Crippen LogP) is 6.84. The maximum Gasteiger partial charge on any atom is 0.408 e. The quantitative estimate of drug-likeness (QED) is 0.140. The van der Waals surface area contributed by atoms with E-state index >= 15 is 0 Å². The van der Waals surface area contributed by atoms with Gasteiger partial charge in [0.25, 0.3) is 0 Å². The average Bonchev–Trinajstić information content (AvgIpc) is 2.99. The third-order valence-electron chi connectivity index (χ3n) is 7.58. The summed E-state index contributed by atoms with van der Waals surface area (Å²) in [6.07, 6.45) is 1.63. The summed E-state index contributed by atoms with van der Waals surface area (Å²) in [6.45, 7) is 18.7. The van der Waals surface area contributed by atoms with Crippen molar-refractivity contribution in [1.29, 1.82) is 0 Å². The summed E-state index contributed by atoms with van der Waals surface area (Å²) in [5.74, 6) is -1.27. The number of carbonyl (C=O) groups excluding carboxylic acids is 4. The number of nitrogens with zero attached hydrogens (tertiary/aromatic N) is 1. The second kappa shape index (κ2) is 18.3. The monoisotopic (exact) mass is 683 g/mol. The van der Waals surface area contributed by atoms with Gasteiger partial charge >= 0.3 is 12.1 Å². The lowest BCUT2D eigenvalue weighted by atomic mass is 9.96. The number of benzene rings is 2. The van der Waals surface area contributed by atoms with E-state index in [1.54, 1.807) is 41.5 Å². The maximum absolute atomic E-state index is 14.6. The van der Waals surface area contributed by atoms with Crippen LogP contribution in [-0.2, 0) is 36.7 Å². The van der Waals surface area contributed by atoms with Crippen LogP contribution in [0, 0.1) is 5.92 Å². The van der Waals surface area contributed by atoms with Crippen molar-refractivity contribution in [2.45, 2.75) is 130 Å². The number of thiol groups is 1. The number of rotatable bonds is 15. The molecule has 48 heavy (non-hydrogen) atoms. The zero-order valence-electron chi connectivity index (χ0n) is 30.5. The fraction of sp³-hybridized carbons (Fsp3) is 0.579. The molecule has 2 aromatic carbocycles. The van der Waals surface area contributed by atoms with Gasteiger partial charge in [-0.15, -0.1) is 0 Å². The van der Waals surface area contributed by atoms with Crippen LogP contribution in [0.4, 0.5) is 4.79 Å². The Labute approximate surface area is 293 Å². The molecule has 2 aromatic rings. The fourth-order valence-corrected chi connectivity index (χ4v) is 5.42. The Morgan fingerprint density at radius 1 is 0.771 bits per heavy atom. The Balaban J connectivity index is 2.67. The molecule has 4 atom stereocenters. The van der Waals surface area contributed by atoms with E-state index in [-0.39, 0.29) is 12.2 Å². The van der Waals surface area contributed by atoms with Gasteiger partial charge in [-0.1, -0.05) is 75.4 Å². The SMILES string of the molecule is CCc1ccc(C(C(=O)NC(Cc2ccccc2)C(=O)OC(C)(C)C)N(C(=O)C(CS)NC(=O)OC(C)(C)C)C(C)CCC(C)C)cc1. The minimum absolute atomic E-state index is 0.0247. The van der Waals surface area contributed by atoms with Crippen molar-refractivity contribution in [1.82, 2.24) is 15.5 Å². The Bertz CT molecular complexity index is 1330. The molecule has 0 saturated heterocycles. The van der Waals surface area contributed by atoms with Crippen LogP contribution in [0.3, 0.4) is 0 Å². The van der Waals surface area contributed by atoms with E-state index in [4.69, 9.17) is 9.47 Å². The van der Waals surface area contributed by atoms with E-state index in [0.717, 1.165) is 24.0 Å². The van der Waals surface area contributed by atoms with E-state index in [0.29, 0.717) is 17.9 Å². The molecule has 2 rings (SSSR count). The van der Waals surface area contributed by atoms with Crippen molar-refractivity contribution in [3.05, 3.63) is 71.3 Å². The topological polar surface area (TPSA) is 114 Å². The third-order valence-corrected chi connectivity index (χ3v) is 7.95. The molecule has 0 aromatic heterocycles. The van der Waals surface area contributed by atoms with Crippen molar-refractivity contribution in [2.75, 3.05) is 5.75 Å². The Morgan fingerprint density at radius 3 is 1.85 bits per heavy atom. The van der Waals surface area contributed by atoms with Gasteiger partial charge in [-0.05, 0) is 90.3 Å². The second-order valence-electron chi connectivity index (χ2n) is 14.7. The van der Waals surface area contributed by atoms with Gasteiger partial charge in [-0.2, -0.15) is 12.6 Å². The number of alkyl carbamates (subject to hydrolysis) is 1. The summed E-state index contributed by atoms with van der Waals surface area (Å²) in [4.78, 5) is 57.1. The van der Waals surface area contributed by atoms with Gasteiger partial charge in [0.15, 0.2) is 0 Å². The lowest BCUT2D eigenvalue weighted by Gasteiger charge is -2.39. The van der Waals surface area contributed by atoms with Crippen LogP contribution in [0.5, 0.6) is 0 Å². The number of esters is 1. The first-order valence-electron chi connectivity index (χ1n) is 16.9. The van der Waals surface area contributed by atoms with Crippen LogP contribution in [0.2, 0.25) is 0 Å². The van der Waals surface area contributed by atoms with E-state index in [2.05, 4.69) is 37.1 Å². The molecular formula is C38H57N3O6S. The largest absolute Gasteiger partial charge is 0.458 e. The standard InChI is InChI=1S/C38H57N3O6S/c1-11-27-19-21-29(22-20-27)32(33(42)39-30(35(44)46-37(5,6)7)23-28-15-13-12-14-16-28)41(26(4)18-17-25(2)3)34(43)31(24-48)40-36(45)47-38(8,9)10/h12-16,19-22,25-26,30-32,48H,11,17-18,23-24H2,1-10H3,(H,39,42)(H,40,45). The highest BCUT2D eigenvalue weighted by Crippen LogP contribution is 2.29. The zero-order valence-corrected chi connectivity index (χ0v) is 31.4. The summed E-state index contributed by atoms with van der Waals surface area (Å²) in [7, 11) is 0. The molecule has 2 N–H and O–H groups in total. The molecule has 0 bridgehead atoms. The molecule has 0 aliphatic heterocycles. The van der Waals surface area contributed by atoms with Gasteiger partial charge in [-0.25, -0.2) is 9.59 Å². The summed E-state index contributed by atoms with van der Waals surface area (Å²) in [5.41, 5.74) is 0.920. The number of nitrogens with one attached hydrogen (secondary N) is 2. The molecule has 266 valence electrons. The molecule has 0 saturated carbocycles. The van der Waals surface area contributed by atoms with Gasteiger partial charge in [0.2, 0.25) is 11.8 Å². The van der Waals surface area contributed by atoms with Crippen LogP contribution >= 0.6 is 12.6 Å². The first-order chi connectivity index (χ1) is 22.3. The summed E-state index contributed by atoms with van der Waals surface area (Å²) >= 11 is 4.42. The molecule has 0 fully saturated rings. The van der Waals surface area contributed by atoms with Gasteiger partial charge in [-0.3, -0.25) is 9.59 Å². The van der Waals surface area contributed by atoms with Crippen molar-refractivity contribution < 1.29 is 28.7 Å². The predicted molar refractivity (Wildman–Crippen MR) is 194 cm³/mol. The molecule has 0 radical (unpaired) electrons. The molecule has 0 heterocycles. The van der Waals surface area contributed by atoms with Crippen LogP contribution in [0.15, 0.2) is 54.6 Å². The van der Waals surface area contributed by atoms with Gasteiger partial charge in [0.1, 0.15) is 29.3 Å². The number of carbonyl (C=O) groups is 4. The normalized spacial score (nSPS) is 14.3. The van der Waals surface area contributed by atoms with E-state index in [1.165, 1.54) is 4.90 Å². The van der Waals surface area contributed by atoms with Crippen LogP contribution < -0.4 is 10.6 Å². The second-order valence-corrected chi connectivity index (χ2v) is 15.1. The minimum atomic E-state index is -1.13. The van der Waals surface area contributed by atoms with Crippen molar-refractivity contribution in [2.24, 2.45) is 5.92 Å². The third kappa shape index (κ3) is 13.5. The molecule has 3 amide bonds. The molecular weight excluding hydrogens is 626 g/mol. The summed E-state index contributed by atoms with van der Waals surface area (Å²) in [6, 6.07) is 13.3. The average molecular weight is 684 g/mol. The summed E-state index contributed by atoms with van der Waals surface area (Å²) < 4.78 is 11.2. The van der Waals surface area contributed by atoms with Crippen molar-refractivity contribution in [3.8, 4) is 0 Å². The number of hydrogen-bond acceptors (Lipinski definition) is 7. The highest BCUT2D eigenvalue weighted by Gasteiger charge is 2.40. The highest BCUT2D eigenvalue weighted by atomic mass is 32.1. The first kappa shape index (κ1) is 40.6. The molecule has 9 nitrogen and oxygen atoms in total. The molecule has 0 aliphatic rings. The fourth-order valence-electron chi connectivity index (χ4n) is 5.17.